The Labute approximate surface area is 292 Å². The molecule has 0 aliphatic rings. The van der Waals surface area contributed by atoms with Gasteiger partial charge in [-0.15, -0.1) is 0 Å². The molecule has 0 aliphatic carbocycles. The van der Waals surface area contributed by atoms with Crippen molar-refractivity contribution in [2.75, 3.05) is 172 Å². The van der Waals surface area contributed by atoms with Gasteiger partial charge in [-0.05, 0) is 6.42 Å². The Balaban J connectivity index is 3.08. The fourth-order valence-corrected chi connectivity index (χ4v) is 3.44. The summed E-state index contributed by atoms with van der Waals surface area (Å²) in [7, 11) is 1.31. The van der Waals surface area contributed by atoms with E-state index in [9.17, 15) is 9.59 Å². The van der Waals surface area contributed by atoms with Crippen molar-refractivity contribution in [1.29, 1.82) is 0 Å². The van der Waals surface area contributed by atoms with Crippen molar-refractivity contribution in [3.63, 3.8) is 0 Å². The van der Waals surface area contributed by atoms with Crippen LogP contribution in [0.1, 0.15) is 32.6 Å². The molecule has 0 aliphatic heterocycles. The van der Waals surface area contributed by atoms with Gasteiger partial charge in [-0.25, -0.2) is 4.79 Å². The average Bonchev–Trinajstić information content (AvgIpc) is 3.11. The zero-order valence-electron chi connectivity index (χ0n) is 30.0. The molecule has 0 radical (unpaired) electrons. The molecule has 0 saturated heterocycles. The number of esters is 2. The Bertz CT molecular complexity index is 673. The molecule has 0 N–H and O–H groups in total. The highest BCUT2D eigenvalue weighted by molar-refractivity contribution is 5.70. The predicted molar refractivity (Wildman–Crippen MR) is 177 cm³/mol. The summed E-state index contributed by atoms with van der Waals surface area (Å²) in [6.45, 7) is 12.9. The van der Waals surface area contributed by atoms with Gasteiger partial charge < -0.3 is 66.3 Å². The topological polar surface area (TPSA) is 163 Å². The predicted octanol–water partition coefficient (Wildman–Crippen LogP) is 1.48. The van der Waals surface area contributed by atoms with Crippen molar-refractivity contribution >= 4 is 11.9 Å². The lowest BCUT2D eigenvalue weighted by atomic mass is 10.2. The lowest BCUT2D eigenvalue weighted by Crippen LogP contribution is -2.16. The van der Waals surface area contributed by atoms with Gasteiger partial charge in [0.1, 0.15) is 13.2 Å². The summed E-state index contributed by atoms with van der Waals surface area (Å²) in [5.41, 5.74) is 0. The van der Waals surface area contributed by atoms with Gasteiger partial charge in [0.15, 0.2) is 0 Å². The zero-order chi connectivity index (χ0) is 35.6. The minimum atomic E-state index is -0.411. The van der Waals surface area contributed by atoms with Gasteiger partial charge in [0.25, 0.3) is 0 Å². The van der Waals surface area contributed by atoms with Crippen LogP contribution in [0.5, 0.6) is 0 Å². The van der Waals surface area contributed by atoms with E-state index >= 15 is 0 Å². The van der Waals surface area contributed by atoms with Crippen LogP contribution in [-0.2, 0) is 75.9 Å². The molecule has 0 atom stereocenters. The summed E-state index contributed by atoms with van der Waals surface area (Å²) in [5.74, 6) is -0.575. The van der Waals surface area contributed by atoms with Crippen LogP contribution >= 0.6 is 0 Å². The molecule has 49 heavy (non-hydrogen) atoms. The number of rotatable bonds is 42. The van der Waals surface area contributed by atoms with E-state index in [2.05, 4.69) is 11.7 Å². The first-order chi connectivity index (χ1) is 24.2. The van der Waals surface area contributed by atoms with Gasteiger partial charge in [0.2, 0.25) is 0 Å². The third-order valence-electron chi connectivity index (χ3n) is 6.01. The highest BCUT2D eigenvalue weighted by Gasteiger charge is 2.02. The van der Waals surface area contributed by atoms with Crippen molar-refractivity contribution in [3.05, 3.63) is 0 Å². The average molecular weight is 717 g/mol. The SMILES string of the molecule is CCCCCC(=O)OCCOCCOCCOCCOCCOCCOCCOCCOCCOCCOCCOCCOCC(=O)OC. The first-order valence-corrected chi connectivity index (χ1v) is 17.4. The smallest absolute Gasteiger partial charge is 0.331 e. The molecule has 16 heteroatoms. The second-order valence-electron chi connectivity index (χ2n) is 10.0. The van der Waals surface area contributed by atoms with Gasteiger partial charge >= 0.3 is 11.9 Å². The Morgan fingerprint density at radius 2 is 0.612 bits per heavy atom. The lowest BCUT2D eigenvalue weighted by Gasteiger charge is -2.09. The van der Waals surface area contributed by atoms with E-state index in [1.807, 2.05) is 0 Å². The summed E-state index contributed by atoms with van der Waals surface area (Å²) in [4.78, 5) is 22.3. The maximum Gasteiger partial charge on any atom is 0.331 e. The summed E-state index contributed by atoms with van der Waals surface area (Å²) < 4.78 is 74.4. The van der Waals surface area contributed by atoms with E-state index < -0.39 is 5.97 Å². The highest BCUT2D eigenvalue weighted by Crippen LogP contribution is 2.00. The molecule has 0 bridgehead atoms. The van der Waals surface area contributed by atoms with Gasteiger partial charge in [-0.3, -0.25) is 4.79 Å². The fraction of sp³-hybridized carbons (Fsp3) is 0.939. The Morgan fingerprint density at radius 1 is 0.347 bits per heavy atom. The van der Waals surface area contributed by atoms with Crippen LogP contribution in [0.3, 0.4) is 0 Å². The van der Waals surface area contributed by atoms with Crippen molar-refractivity contribution in [2.45, 2.75) is 32.6 Å². The Kier molecular flexibility index (Phi) is 41.3. The minimum absolute atomic E-state index is 0.0740. The molecule has 0 unspecified atom stereocenters. The Morgan fingerprint density at radius 3 is 0.878 bits per heavy atom. The molecule has 0 aromatic heterocycles. The molecule has 0 rings (SSSR count). The van der Waals surface area contributed by atoms with Crippen LogP contribution in [-0.4, -0.2) is 184 Å². The first kappa shape index (κ1) is 47.5. The second kappa shape index (κ2) is 42.6. The molecule has 0 spiro atoms. The number of carbonyl (C=O) groups excluding carboxylic acids is 2. The first-order valence-electron chi connectivity index (χ1n) is 17.4. The summed E-state index contributed by atoms with van der Waals surface area (Å²) in [5, 5.41) is 0. The van der Waals surface area contributed by atoms with Crippen LogP contribution in [0, 0.1) is 0 Å². The van der Waals surface area contributed by atoms with Crippen LogP contribution < -0.4 is 0 Å². The molecule has 0 aromatic carbocycles. The summed E-state index contributed by atoms with van der Waals surface area (Å²) in [6, 6.07) is 0. The largest absolute Gasteiger partial charge is 0.467 e. The number of methoxy groups -OCH3 is 1. The molecule has 16 nitrogen and oxygen atoms in total. The highest BCUT2D eigenvalue weighted by atomic mass is 16.6. The van der Waals surface area contributed by atoms with Crippen LogP contribution in [0.15, 0.2) is 0 Å². The van der Waals surface area contributed by atoms with E-state index in [0.29, 0.717) is 158 Å². The van der Waals surface area contributed by atoms with Crippen LogP contribution in [0.4, 0.5) is 0 Å². The van der Waals surface area contributed by atoms with Crippen LogP contribution in [0.25, 0.3) is 0 Å². The fourth-order valence-electron chi connectivity index (χ4n) is 3.44. The summed E-state index contributed by atoms with van der Waals surface area (Å²) in [6.07, 6.45) is 3.48. The normalized spacial score (nSPS) is 11.3. The van der Waals surface area contributed by atoms with E-state index in [0.717, 1.165) is 19.3 Å². The molecular formula is C33H64O16. The summed E-state index contributed by atoms with van der Waals surface area (Å²) >= 11 is 0. The molecule has 0 heterocycles. The molecule has 0 fully saturated rings. The van der Waals surface area contributed by atoms with E-state index in [4.69, 9.17) is 61.6 Å². The number of hydrogen-bond acceptors (Lipinski definition) is 16. The number of hydrogen-bond donors (Lipinski definition) is 0. The van der Waals surface area contributed by atoms with E-state index in [1.165, 1.54) is 7.11 Å². The van der Waals surface area contributed by atoms with Crippen molar-refractivity contribution in [1.82, 2.24) is 0 Å². The third kappa shape index (κ3) is 42.5. The quantitative estimate of drug-likeness (QED) is 0.0659. The van der Waals surface area contributed by atoms with Gasteiger partial charge in [-0.1, -0.05) is 19.8 Å². The number of unbranched alkanes of at least 4 members (excludes halogenated alkanes) is 2. The van der Waals surface area contributed by atoms with E-state index in [-0.39, 0.29) is 19.2 Å². The van der Waals surface area contributed by atoms with Crippen molar-refractivity contribution in [2.24, 2.45) is 0 Å². The zero-order valence-corrected chi connectivity index (χ0v) is 30.0. The monoisotopic (exact) mass is 716 g/mol. The number of ether oxygens (including phenoxy) is 14. The molecule has 0 amide bonds. The van der Waals surface area contributed by atoms with Gasteiger partial charge in [0.05, 0.1) is 159 Å². The van der Waals surface area contributed by atoms with Crippen LogP contribution in [0.2, 0.25) is 0 Å². The second-order valence-corrected chi connectivity index (χ2v) is 10.0. The molecule has 0 saturated carbocycles. The van der Waals surface area contributed by atoms with Crippen molar-refractivity contribution in [3.8, 4) is 0 Å². The lowest BCUT2D eigenvalue weighted by molar-refractivity contribution is -0.146. The Hall–Kier alpha value is -1.54. The van der Waals surface area contributed by atoms with Crippen molar-refractivity contribution < 1.29 is 75.9 Å². The minimum Gasteiger partial charge on any atom is -0.467 e. The standard InChI is InChI=1S/C33H64O16/c1-3-4-5-6-32(34)49-30-29-47-26-25-45-22-21-43-18-17-41-14-13-39-10-9-37-7-8-38-11-12-40-15-16-42-19-20-44-23-24-46-27-28-48-31-33(35)36-2/h3-31H2,1-2H3. The maximum absolute atomic E-state index is 11.5. The number of carbonyl (C=O) groups is 2. The third-order valence-corrected chi connectivity index (χ3v) is 6.01. The van der Waals surface area contributed by atoms with E-state index in [1.54, 1.807) is 0 Å². The maximum atomic E-state index is 11.5. The molecular weight excluding hydrogens is 652 g/mol. The van der Waals surface area contributed by atoms with Gasteiger partial charge in [-0.2, -0.15) is 0 Å². The molecule has 292 valence electrons. The molecule has 0 aromatic rings. The van der Waals surface area contributed by atoms with Gasteiger partial charge in [0, 0.05) is 6.42 Å².